The molecule has 17 heteroatoms. The number of ether oxygens (including phenoxy) is 3. The van der Waals surface area contributed by atoms with Gasteiger partial charge in [0.1, 0.15) is 40.1 Å². The van der Waals surface area contributed by atoms with Crippen molar-refractivity contribution in [1.29, 1.82) is 0 Å². The largest absolute Gasteiger partial charge is 0.468 e. The Morgan fingerprint density at radius 1 is 0.824 bits per heavy atom. The third-order valence-corrected chi connectivity index (χ3v) is 17.8. The van der Waals surface area contributed by atoms with E-state index in [1.54, 1.807) is 13.3 Å². The number of nitrogens with zero attached hydrogens (tertiary/aromatic N) is 7. The quantitative estimate of drug-likeness (QED) is 0.0611. The van der Waals surface area contributed by atoms with Crippen LogP contribution < -0.4 is 24.6 Å². The molecule has 12 rings (SSSR count). The smallest absolute Gasteiger partial charge is 0.319 e. The molecule has 3 unspecified atom stereocenters. The van der Waals surface area contributed by atoms with E-state index in [4.69, 9.17) is 29.2 Å². The van der Waals surface area contributed by atoms with Gasteiger partial charge in [-0.1, -0.05) is 25.1 Å². The molecule has 3 aromatic carbocycles. The molecule has 4 aliphatic heterocycles. The molecule has 3 saturated carbocycles. The Bertz CT molecular complexity index is 2950. The van der Waals surface area contributed by atoms with Gasteiger partial charge in [-0.05, 0) is 142 Å². The van der Waals surface area contributed by atoms with Crippen LogP contribution in [0.3, 0.4) is 0 Å². The first-order valence-electron chi connectivity index (χ1n) is 26.9. The number of amides is 2. The van der Waals surface area contributed by atoms with E-state index < -0.39 is 40.9 Å². The Labute approximate surface area is 429 Å². The van der Waals surface area contributed by atoms with Gasteiger partial charge in [-0.25, -0.2) is 17.6 Å². The summed E-state index contributed by atoms with van der Waals surface area (Å²) in [7, 11) is 1.57. The van der Waals surface area contributed by atoms with E-state index >= 15 is 17.6 Å². The number of methoxy groups -OCH3 is 1. The fourth-order valence-corrected chi connectivity index (χ4v) is 13.8. The highest BCUT2D eigenvalue weighted by Crippen LogP contribution is 2.58. The topological polar surface area (TPSA) is 125 Å². The molecule has 7 fully saturated rings. The number of carbonyl (C=O) groups excluding carboxylic acids is 2. The van der Waals surface area contributed by atoms with E-state index in [9.17, 15) is 9.59 Å². The van der Waals surface area contributed by atoms with E-state index in [-0.39, 0.29) is 53.2 Å². The van der Waals surface area contributed by atoms with Crippen molar-refractivity contribution in [2.75, 3.05) is 95.8 Å². The Hall–Kier alpha value is -5.65. The van der Waals surface area contributed by atoms with E-state index in [1.807, 2.05) is 29.2 Å². The number of hydrogen-bond donors (Lipinski definition) is 1. The maximum absolute atomic E-state index is 17.5. The van der Waals surface area contributed by atoms with Gasteiger partial charge in [0.15, 0.2) is 12.6 Å². The van der Waals surface area contributed by atoms with Crippen LogP contribution in [-0.2, 0) is 20.7 Å². The summed E-state index contributed by atoms with van der Waals surface area (Å²) in [4.78, 5) is 47.5. The molecule has 0 radical (unpaired) electrons. The number of piperidine rings is 3. The van der Waals surface area contributed by atoms with Crippen molar-refractivity contribution in [2.24, 2.45) is 22.7 Å². The van der Waals surface area contributed by atoms with E-state index in [0.29, 0.717) is 92.2 Å². The van der Waals surface area contributed by atoms with E-state index in [2.05, 4.69) is 33.0 Å². The van der Waals surface area contributed by atoms with E-state index in [0.717, 1.165) is 81.2 Å². The third-order valence-electron chi connectivity index (χ3n) is 17.8. The Morgan fingerprint density at radius 3 is 2.24 bits per heavy atom. The summed E-state index contributed by atoms with van der Waals surface area (Å²) < 4.78 is 82.2. The summed E-state index contributed by atoms with van der Waals surface area (Å²) in [6.45, 7) is 9.43. The number of anilines is 2. The average molecular weight is 1020 g/mol. The predicted octanol–water partition coefficient (Wildman–Crippen LogP) is 9.13. The first kappa shape index (κ1) is 49.2. The van der Waals surface area contributed by atoms with Crippen LogP contribution in [0.25, 0.3) is 32.9 Å². The molecular weight excluding hydrogens is 953 g/mol. The minimum atomic E-state index is -1.27. The number of fused-ring (bicyclic) bond motifs is 4. The van der Waals surface area contributed by atoms with Crippen molar-refractivity contribution >= 4 is 45.0 Å². The van der Waals surface area contributed by atoms with Crippen LogP contribution in [0, 0.1) is 40.1 Å². The Morgan fingerprint density at radius 2 is 1.55 bits per heavy atom. The van der Waals surface area contributed by atoms with Crippen molar-refractivity contribution in [1.82, 2.24) is 30.1 Å². The lowest BCUT2D eigenvalue weighted by molar-refractivity contribution is -0.134. The number of likely N-dealkylation sites (tertiary alicyclic amines) is 1. The number of nitrogens with one attached hydrogen (secondary N) is 1. The maximum atomic E-state index is 17.5. The highest BCUT2D eigenvalue weighted by molar-refractivity contribution is 6.02. The normalized spacial score (nSPS) is 24.4. The molecule has 4 saturated heterocycles. The molecule has 392 valence electrons. The van der Waals surface area contributed by atoms with Crippen LogP contribution >= 0.6 is 0 Å². The number of halogens is 4. The second kappa shape index (κ2) is 19.5. The molecule has 2 aromatic heterocycles. The summed E-state index contributed by atoms with van der Waals surface area (Å²) in [6, 6.07) is 12.6. The maximum Gasteiger partial charge on any atom is 0.319 e. The second-order valence-electron chi connectivity index (χ2n) is 23.0. The SMILES string of the molecule is CCc1cccc2cc(OCOC)cc(-c3ncc4c(N5CC6CCC(C6)C5)nc(OCC5(CN6CCC7(CC6)CC(F)(CN6CCN(c8cc(F)c(C9CCC(=O)NC9=O)c(F)c8)CC6)C7)CC5)nc4c3F)c12. The molecule has 1 N–H and O–H groups in total. The van der Waals surface area contributed by atoms with Crippen molar-refractivity contribution < 1.29 is 41.4 Å². The number of piperazine rings is 1. The number of aromatic nitrogens is 3. The average Bonchev–Trinajstić information content (AvgIpc) is 4.07. The van der Waals surface area contributed by atoms with Crippen LogP contribution in [-0.4, -0.2) is 128 Å². The predicted molar refractivity (Wildman–Crippen MR) is 274 cm³/mol. The number of hydrogen-bond acceptors (Lipinski definition) is 12. The van der Waals surface area contributed by atoms with Gasteiger partial charge in [-0.2, -0.15) is 9.97 Å². The van der Waals surface area contributed by atoms with Crippen molar-refractivity contribution in [3.8, 4) is 23.0 Å². The number of alkyl halides is 1. The van der Waals surface area contributed by atoms with Gasteiger partial charge >= 0.3 is 6.01 Å². The first-order valence-corrected chi connectivity index (χ1v) is 26.9. The number of rotatable bonds is 15. The molecule has 13 nitrogen and oxygen atoms in total. The van der Waals surface area contributed by atoms with Gasteiger partial charge in [0.05, 0.1) is 17.9 Å². The van der Waals surface area contributed by atoms with E-state index in [1.165, 1.54) is 31.4 Å². The minimum absolute atomic E-state index is 0.0106. The van der Waals surface area contributed by atoms with Crippen molar-refractivity contribution in [3.05, 3.63) is 77.2 Å². The zero-order valence-electron chi connectivity index (χ0n) is 42.5. The highest BCUT2D eigenvalue weighted by atomic mass is 19.1. The van der Waals surface area contributed by atoms with Crippen molar-refractivity contribution in [2.45, 2.75) is 95.6 Å². The Balaban J connectivity index is 0.686. The molecule has 1 spiro atoms. The van der Waals surface area contributed by atoms with Crippen LogP contribution in [0.5, 0.6) is 11.8 Å². The van der Waals surface area contributed by atoms with Gasteiger partial charge in [-0.15, -0.1) is 0 Å². The summed E-state index contributed by atoms with van der Waals surface area (Å²) >= 11 is 0. The molecular formula is C57H66F4N8O5. The molecule has 6 heterocycles. The zero-order chi connectivity index (χ0) is 50.9. The lowest BCUT2D eigenvalue weighted by Crippen LogP contribution is -2.60. The minimum Gasteiger partial charge on any atom is -0.468 e. The monoisotopic (exact) mass is 1020 g/mol. The van der Waals surface area contributed by atoms with Crippen LogP contribution in [0.1, 0.15) is 94.6 Å². The summed E-state index contributed by atoms with van der Waals surface area (Å²) in [5.41, 5.74) is 0.850. The van der Waals surface area contributed by atoms with Gasteiger partial charge in [0.25, 0.3) is 0 Å². The number of pyridine rings is 1. The molecule has 3 aliphatic carbocycles. The molecule has 3 atom stereocenters. The number of carbonyl (C=O) groups is 2. The third kappa shape index (κ3) is 9.54. The van der Waals surface area contributed by atoms with Crippen LogP contribution in [0.2, 0.25) is 0 Å². The fourth-order valence-electron chi connectivity index (χ4n) is 13.8. The molecule has 5 aromatic rings. The number of benzene rings is 3. The lowest BCUT2D eigenvalue weighted by atomic mass is 9.55. The highest BCUT2D eigenvalue weighted by Gasteiger charge is 2.57. The summed E-state index contributed by atoms with van der Waals surface area (Å²) in [5.74, 6) is -1.89. The number of aryl methyl sites for hydroxylation is 1. The molecule has 7 aliphatic rings. The Kier molecular flexibility index (Phi) is 13.0. The molecule has 2 amide bonds. The lowest BCUT2D eigenvalue weighted by Gasteiger charge is -2.57. The number of imide groups is 1. The second-order valence-corrected chi connectivity index (χ2v) is 23.0. The molecule has 74 heavy (non-hydrogen) atoms. The van der Waals surface area contributed by atoms with Gasteiger partial charge in [0.2, 0.25) is 11.8 Å². The molecule has 2 bridgehead atoms. The van der Waals surface area contributed by atoms with Gasteiger partial charge in [0, 0.05) is 94.3 Å². The standard InChI is InChI=1S/C57H66F4N8O5/c1-3-37-5-4-6-38-22-40(74-34-72-2)25-42(47(37)38)50-49(60)51-43(26-62-50)52(69-27-35-7-8-36(21-35)28-69)65-54(64-51)73-33-56(11-12-56)31-66-15-13-55(14-16-66)29-57(61,30-55)32-67-17-19-68(20-18-67)39-23-44(58)48(45(59)24-39)41-9-10-46(70)63-53(41)71/h4-6,22-26,35-36,41H,3,7-21,27-34H2,1-2H3,(H,63,70,71). The summed E-state index contributed by atoms with van der Waals surface area (Å²) in [5, 5.41) is 4.60. The van der Waals surface area contributed by atoms with Crippen molar-refractivity contribution in [3.63, 3.8) is 0 Å². The van der Waals surface area contributed by atoms with Gasteiger partial charge in [-0.3, -0.25) is 24.8 Å². The summed E-state index contributed by atoms with van der Waals surface area (Å²) in [6.07, 6.45) is 11.2. The van der Waals surface area contributed by atoms with Gasteiger partial charge < -0.3 is 28.9 Å². The fraction of sp³-hybridized carbons (Fsp3) is 0.561. The first-order chi connectivity index (χ1) is 35.8. The zero-order valence-corrected chi connectivity index (χ0v) is 42.5. The van der Waals surface area contributed by atoms with Crippen LogP contribution in [0.4, 0.5) is 29.1 Å². The van der Waals surface area contributed by atoms with Crippen LogP contribution in [0.15, 0.2) is 48.7 Å².